The fourth-order valence-electron chi connectivity index (χ4n) is 2.00. The number of rotatable bonds is 3. The van der Waals surface area contributed by atoms with Gasteiger partial charge in [0.05, 0.1) is 6.07 Å². The van der Waals surface area contributed by atoms with Crippen molar-refractivity contribution in [3.05, 3.63) is 0 Å². The number of Topliss-reactive ketones (excluding diaryl/α,β-unsaturated/α-hetero) is 1. The molecule has 0 heterocycles. The minimum absolute atomic E-state index is 0.0264. The van der Waals surface area contributed by atoms with Crippen molar-refractivity contribution in [1.82, 2.24) is 0 Å². The maximum Gasteiger partial charge on any atom is 0.156 e. The van der Waals surface area contributed by atoms with Crippen molar-refractivity contribution in [1.29, 1.82) is 5.26 Å². The summed E-state index contributed by atoms with van der Waals surface area (Å²) in [6.07, 6.45) is 1.73. The standard InChI is InChI=1S/C12H18N2O2/c1-12(2)6-10(14-4-3-5-15)9(8-13)11(16)7-12/h9,15H,3-7H2,1-2H3. The zero-order valence-electron chi connectivity index (χ0n) is 9.86. The van der Waals surface area contributed by atoms with E-state index in [2.05, 4.69) is 4.99 Å². The summed E-state index contributed by atoms with van der Waals surface area (Å²) in [5.74, 6) is -0.687. The molecule has 0 aliphatic heterocycles. The van der Waals surface area contributed by atoms with Gasteiger partial charge in [-0.2, -0.15) is 5.26 Å². The molecule has 0 radical (unpaired) electrons. The number of carbonyl (C=O) groups excluding carboxylic acids is 1. The first kappa shape index (κ1) is 12.9. The van der Waals surface area contributed by atoms with Crippen LogP contribution in [0.25, 0.3) is 0 Å². The first-order chi connectivity index (χ1) is 7.50. The van der Waals surface area contributed by atoms with Gasteiger partial charge in [-0.25, -0.2) is 0 Å². The molecule has 1 N–H and O–H groups in total. The second-order valence-corrected chi connectivity index (χ2v) is 5.00. The monoisotopic (exact) mass is 222 g/mol. The van der Waals surface area contributed by atoms with Crippen LogP contribution in [0.3, 0.4) is 0 Å². The molecule has 0 aromatic rings. The number of aliphatic imine (C=N–C) groups is 1. The van der Waals surface area contributed by atoms with Gasteiger partial charge in [-0.15, -0.1) is 0 Å². The summed E-state index contributed by atoms with van der Waals surface area (Å²) in [7, 11) is 0. The van der Waals surface area contributed by atoms with E-state index in [0.717, 1.165) is 0 Å². The van der Waals surface area contributed by atoms with Crippen LogP contribution in [0.15, 0.2) is 4.99 Å². The molecule has 88 valence electrons. The minimum atomic E-state index is -0.660. The topological polar surface area (TPSA) is 73.5 Å². The molecule has 1 aliphatic rings. The van der Waals surface area contributed by atoms with Crippen LogP contribution < -0.4 is 0 Å². The summed E-state index contributed by atoms with van der Waals surface area (Å²) < 4.78 is 0. The van der Waals surface area contributed by atoms with E-state index in [0.29, 0.717) is 31.5 Å². The maximum atomic E-state index is 11.7. The largest absolute Gasteiger partial charge is 0.396 e. The average Bonchev–Trinajstić information content (AvgIpc) is 2.16. The number of carbonyl (C=O) groups is 1. The number of aliphatic hydroxyl groups is 1. The zero-order chi connectivity index (χ0) is 12.2. The fraction of sp³-hybridized carbons (Fsp3) is 0.750. The Bertz CT molecular complexity index is 339. The van der Waals surface area contributed by atoms with Crippen LogP contribution in [0.2, 0.25) is 0 Å². The molecule has 16 heavy (non-hydrogen) atoms. The summed E-state index contributed by atoms with van der Waals surface area (Å²) in [5, 5.41) is 17.6. The van der Waals surface area contributed by atoms with Crippen LogP contribution >= 0.6 is 0 Å². The van der Waals surface area contributed by atoms with Gasteiger partial charge in [0.2, 0.25) is 0 Å². The number of ketones is 1. The number of nitriles is 1. The number of aliphatic hydroxyl groups excluding tert-OH is 1. The van der Waals surface area contributed by atoms with Crippen molar-refractivity contribution in [2.45, 2.75) is 33.1 Å². The molecule has 4 nitrogen and oxygen atoms in total. The lowest BCUT2D eigenvalue weighted by Gasteiger charge is -2.31. The van der Waals surface area contributed by atoms with Crippen molar-refractivity contribution in [2.24, 2.45) is 16.3 Å². The maximum absolute atomic E-state index is 11.7. The van der Waals surface area contributed by atoms with Gasteiger partial charge >= 0.3 is 0 Å². The molecule has 0 saturated heterocycles. The Morgan fingerprint density at radius 2 is 2.25 bits per heavy atom. The van der Waals surface area contributed by atoms with E-state index in [-0.39, 0.29) is 17.8 Å². The van der Waals surface area contributed by atoms with Gasteiger partial charge in [-0.3, -0.25) is 9.79 Å². The fourth-order valence-corrected chi connectivity index (χ4v) is 2.00. The van der Waals surface area contributed by atoms with E-state index in [9.17, 15) is 4.79 Å². The molecule has 4 heteroatoms. The molecule has 1 fully saturated rings. The second kappa shape index (κ2) is 5.22. The number of hydrogen-bond donors (Lipinski definition) is 1. The van der Waals surface area contributed by atoms with Crippen LogP contribution in [0, 0.1) is 22.7 Å². The summed E-state index contributed by atoms with van der Waals surface area (Å²) in [6.45, 7) is 4.61. The minimum Gasteiger partial charge on any atom is -0.396 e. The Morgan fingerprint density at radius 3 is 2.81 bits per heavy atom. The number of nitrogens with zero attached hydrogens (tertiary/aromatic N) is 2. The highest BCUT2D eigenvalue weighted by molar-refractivity contribution is 6.10. The summed E-state index contributed by atoms with van der Waals surface area (Å²) >= 11 is 0. The van der Waals surface area contributed by atoms with Crippen LogP contribution in [0.4, 0.5) is 0 Å². The highest BCUT2D eigenvalue weighted by Gasteiger charge is 2.37. The third-order valence-electron chi connectivity index (χ3n) is 2.73. The molecule has 0 bridgehead atoms. The van der Waals surface area contributed by atoms with E-state index < -0.39 is 5.92 Å². The van der Waals surface area contributed by atoms with E-state index in [1.807, 2.05) is 19.9 Å². The van der Waals surface area contributed by atoms with Gasteiger partial charge in [-0.05, 0) is 18.3 Å². The van der Waals surface area contributed by atoms with E-state index in [4.69, 9.17) is 10.4 Å². The van der Waals surface area contributed by atoms with Gasteiger partial charge in [0.15, 0.2) is 5.78 Å². The summed E-state index contributed by atoms with van der Waals surface area (Å²) in [4.78, 5) is 16.0. The molecule has 0 aromatic carbocycles. The summed E-state index contributed by atoms with van der Waals surface area (Å²) in [6, 6.07) is 2.03. The van der Waals surface area contributed by atoms with Crippen molar-refractivity contribution in [3.63, 3.8) is 0 Å². The Balaban J connectivity index is 2.81. The predicted octanol–water partition coefficient (Wildman–Crippen LogP) is 1.34. The Kier molecular flexibility index (Phi) is 4.19. The molecular weight excluding hydrogens is 204 g/mol. The third-order valence-corrected chi connectivity index (χ3v) is 2.73. The second-order valence-electron chi connectivity index (χ2n) is 5.00. The first-order valence-electron chi connectivity index (χ1n) is 5.56. The first-order valence-corrected chi connectivity index (χ1v) is 5.56. The van der Waals surface area contributed by atoms with Crippen LogP contribution in [-0.2, 0) is 4.79 Å². The lowest BCUT2D eigenvalue weighted by molar-refractivity contribution is -0.122. The highest BCUT2D eigenvalue weighted by Crippen LogP contribution is 2.34. The van der Waals surface area contributed by atoms with E-state index >= 15 is 0 Å². The SMILES string of the molecule is CC1(C)CC(=O)C(C#N)C(=NCCCO)C1. The lowest BCUT2D eigenvalue weighted by atomic mass is 9.71. The highest BCUT2D eigenvalue weighted by atomic mass is 16.3. The molecule has 1 saturated carbocycles. The average molecular weight is 222 g/mol. The molecular formula is C12H18N2O2. The predicted molar refractivity (Wildman–Crippen MR) is 61.1 cm³/mol. The molecule has 1 atom stereocenters. The molecule has 1 rings (SSSR count). The van der Waals surface area contributed by atoms with Crippen molar-refractivity contribution >= 4 is 11.5 Å². The van der Waals surface area contributed by atoms with Crippen molar-refractivity contribution < 1.29 is 9.90 Å². The van der Waals surface area contributed by atoms with Gasteiger partial charge in [-0.1, -0.05) is 13.8 Å². The molecule has 1 unspecified atom stereocenters. The number of hydrogen-bond acceptors (Lipinski definition) is 4. The smallest absolute Gasteiger partial charge is 0.156 e. The Labute approximate surface area is 96.0 Å². The van der Waals surface area contributed by atoms with Gasteiger partial charge in [0, 0.05) is 25.3 Å². The van der Waals surface area contributed by atoms with Crippen LogP contribution in [0.1, 0.15) is 33.1 Å². The third kappa shape index (κ3) is 3.14. The lowest BCUT2D eigenvalue weighted by Crippen LogP contribution is -2.37. The Morgan fingerprint density at radius 1 is 1.56 bits per heavy atom. The Hall–Kier alpha value is -1.21. The van der Waals surface area contributed by atoms with Crippen molar-refractivity contribution in [3.8, 4) is 6.07 Å². The molecule has 0 aromatic heterocycles. The van der Waals surface area contributed by atoms with Gasteiger partial charge in [0.25, 0.3) is 0 Å². The van der Waals surface area contributed by atoms with Gasteiger partial charge in [0.1, 0.15) is 5.92 Å². The zero-order valence-corrected chi connectivity index (χ0v) is 9.86. The molecule has 1 aliphatic carbocycles. The van der Waals surface area contributed by atoms with Crippen molar-refractivity contribution in [2.75, 3.05) is 13.2 Å². The van der Waals surface area contributed by atoms with Crippen LogP contribution in [-0.4, -0.2) is 29.8 Å². The summed E-state index contributed by atoms with van der Waals surface area (Å²) in [5.41, 5.74) is 0.597. The van der Waals surface area contributed by atoms with E-state index in [1.165, 1.54) is 0 Å². The van der Waals surface area contributed by atoms with Gasteiger partial charge < -0.3 is 5.11 Å². The molecule has 0 amide bonds. The van der Waals surface area contributed by atoms with Crippen LogP contribution in [0.5, 0.6) is 0 Å². The normalized spacial score (nSPS) is 26.8. The molecule has 0 spiro atoms. The quantitative estimate of drug-likeness (QED) is 0.732. The van der Waals surface area contributed by atoms with E-state index in [1.54, 1.807) is 0 Å².